The smallest absolute Gasteiger partial charge is 0.338 e. The first-order valence-corrected chi connectivity index (χ1v) is 11.5. The van der Waals surface area contributed by atoms with Gasteiger partial charge in [-0.1, -0.05) is 48.8 Å². The van der Waals surface area contributed by atoms with Gasteiger partial charge in [-0.3, -0.25) is 14.9 Å². The molecule has 0 aliphatic carbocycles. The van der Waals surface area contributed by atoms with Crippen LogP contribution in [-0.2, 0) is 14.3 Å². The second-order valence-corrected chi connectivity index (χ2v) is 8.62. The van der Waals surface area contributed by atoms with Crippen molar-refractivity contribution in [2.45, 2.75) is 31.4 Å². The number of aliphatic imine (C=N–C) groups is 1. The Labute approximate surface area is 200 Å². The Bertz CT molecular complexity index is 1110. The standard InChI is InChI=1S/C23H21ClN4O4S/c1-2-3-12-32-22(31)15-8-10-16(11-9-15)28-20(29)13-19(21(28)30)33-23(26-14-25)27-18-7-5-4-6-17(18)24/h4-11,19H,2-3,12-13H2,1H3,(H,26,27). The van der Waals surface area contributed by atoms with E-state index < -0.39 is 17.1 Å². The lowest BCUT2D eigenvalue weighted by Gasteiger charge is -2.15. The van der Waals surface area contributed by atoms with E-state index in [9.17, 15) is 14.4 Å². The Hall–Kier alpha value is -3.35. The number of para-hydroxylation sites is 1. The number of carbonyl (C=O) groups excluding carboxylic acids is 3. The number of thioether (sulfide) groups is 1. The van der Waals surface area contributed by atoms with E-state index in [2.05, 4.69) is 10.3 Å². The van der Waals surface area contributed by atoms with Gasteiger partial charge in [0.25, 0.3) is 0 Å². The molecule has 1 saturated heterocycles. The van der Waals surface area contributed by atoms with Crippen LogP contribution in [0.4, 0.5) is 11.4 Å². The minimum atomic E-state index is -0.765. The van der Waals surface area contributed by atoms with Crippen molar-refractivity contribution in [2.75, 3.05) is 11.5 Å². The van der Waals surface area contributed by atoms with Crippen molar-refractivity contribution in [3.8, 4) is 6.19 Å². The molecule has 10 heteroatoms. The average molecular weight is 485 g/mol. The number of hydrogen-bond donors (Lipinski definition) is 1. The second-order valence-electron chi connectivity index (χ2n) is 7.02. The summed E-state index contributed by atoms with van der Waals surface area (Å²) in [6, 6.07) is 12.9. The van der Waals surface area contributed by atoms with Gasteiger partial charge in [0.15, 0.2) is 11.4 Å². The van der Waals surface area contributed by atoms with Gasteiger partial charge in [0.05, 0.1) is 28.6 Å². The van der Waals surface area contributed by atoms with Gasteiger partial charge in [-0.25, -0.2) is 14.7 Å². The van der Waals surface area contributed by atoms with Gasteiger partial charge in [-0.15, -0.1) is 0 Å². The predicted octanol–water partition coefficient (Wildman–Crippen LogP) is 4.42. The number of imide groups is 1. The summed E-state index contributed by atoms with van der Waals surface area (Å²) in [5, 5.41) is 11.3. The molecule has 0 spiro atoms. The second kappa shape index (κ2) is 11.5. The molecule has 1 aliphatic heterocycles. The lowest BCUT2D eigenvalue weighted by atomic mass is 10.2. The third kappa shape index (κ3) is 6.12. The normalized spacial score (nSPS) is 16.0. The number of nitriles is 1. The average Bonchev–Trinajstić information content (AvgIpc) is 3.08. The SMILES string of the molecule is CCCCOC(=O)c1ccc(N2C(=O)CC(SC(=Nc3ccccc3Cl)NC#N)C2=O)cc1. The molecule has 1 N–H and O–H groups in total. The van der Waals surface area contributed by atoms with Crippen LogP contribution >= 0.6 is 23.4 Å². The van der Waals surface area contributed by atoms with E-state index in [1.165, 1.54) is 24.3 Å². The van der Waals surface area contributed by atoms with Crippen LogP contribution < -0.4 is 10.2 Å². The van der Waals surface area contributed by atoms with E-state index in [1.807, 2.05) is 6.92 Å². The van der Waals surface area contributed by atoms with Crippen LogP contribution in [0, 0.1) is 11.5 Å². The molecular formula is C23H21ClN4O4S. The van der Waals surface area contributed by atoms with E-state index in [4.69, 9.17) is 21.6 Å². The fourth-order valence-corrected chi connectivity index (χ4v) is 4.16. The zero-order valence-corrected chi connectivity index (χ0v) is 19.4. The molecular weight excluding hydrogens is 464 g/mol. The minimum absolute atomic E-state index is 0.0566. The van der Waals surface area contributed by atoms with E-state index >= 15 is 0 Å². The molecule has 0 bridgehead atoms. The molecule has 8 nitrogen and oxygen atoms in total. The molecule has 2 aromatic rings. The van der Waals surface area contributed by atoms with Crippen molar-refractivity contribution in [3.05, 3.63) is 59.1 Å². The molecule has 3 rings (SSSR count). The number of benzene rings is 2. The molecule has 0 radical (unpaired) electrons. The number of hydrogen-bond acceptors (Lipinski definition) is 7. The highest BCUT2D eigenvalue weighted by atomic mass is 35.5. The number of carbonyl (C=O) groups is 3. The van der Waals surface area contributed by atoms with Crippen molar-refractivity contribution < 1.29 is 19.1 Å². The van der Waals surface area contributed by atoms with Crippen molar-refractivity contribution in [2.24, 2.45) is 4.99 Å². The monoisotopic (exact) mass is 484 g/mol. The summed E-state index contributed by atoms with van der Waals surface area (Å²) in [4.78, 5) is 43.0. The van der Waals surface area contributed by atoms with E-state index in [0.29, 0.717) is 28.6 Å². The van der Waals surface area contributed by atoms with E-state index in [0.717, 1.165) is 29.5 Å². The molecule has 0 aromatic heterocycles. The molecule has 2 aromatic carbocycles. The Kier molecular flexibility index (Phi) is 8.46. The fraction of sp³-hybridized carbons (Fsp3) is 0.261. The number of amides is 2. The maximum absolute atomic E-state index is 13.0. The Morgan fingerprint density at radius 1 is 1.27 bits per heavy atom. The first-order chi connectivity index (χ1) is 15.9. The number of esters is 1. The zero-order chi connectivity index (χ0) is 23.8. The quantitative estimate of drug-likeness (QED) is 0.118. The number of amidine groups is 1. The molecule has 2 amide bonds. The fourth-order valence-electron chi connectivity index (χ4n) is 3.02. The van der Waals surface area contributed by atoms with Gasteiger partial charge in [0.2, 0.25) is 11.8 Å². The Balaban J connectivity index is 1.73. The highest BCUT2D eigenvalue weighted by molar-refractivity contribution is 8.15. The molecule has 1 unspecified atom stereocenters. The van der Waals surface area contributed by atoms with Crippen molar-refractivity contribution >= 4 is 57.7 Å². The van der Waals surface area contributed by atoms with Crippen molar-refractivity contribution in [1.29, 1.82) is 5.26 Å². The molecule has 0 saturated carbocycles. The maximum atomic E-state index is 13.0. The maximum Gasteiger partial charge on any atom is 0.338 e. The number of nitrogens with zero attached hydrogens (tertiary/aromatic N) is 3. The first-order valence-electron chi connectivity index (χ1n) is 10.2. The summed E-state index contributed by atoms with van der Waals surface area (Å²) in [5.74, 6) is -1.27. The number of ether oxygens (including phenoxy) is 1. The predicted molar refractivity (Wildman–Crippen MR) is 127 cm³/mol. The van der Waals surface area contributed by atoms with Gasteiger partial charge in [0.1, 0.15) is 5.25 Å². The Morgan fingerprint density at radius 3 is 2.67 bits per heavy atom. The summed E-state index contributed by atoms with van der Waals surface area (Å²) in [6.07, 6.45) is 3.43. The number of halogens is 1. The van der Waals surface area contributed by atoms with Gasteiger partial charge < -0.3 is 4.74 Å². The van der Waals surface area contributed by atoms with Crippen LogP contribution in [0.5, 0.6) is 0 Å². The zero-order valence-electron chi connectivity index (χ0n) is 17.8. The van der Waals surface area contributed by atoms with E-state index in [-0.39, 0.29) is 17.5 Å². The van der Waals surface area contributed by atoms with Crippen molar-refractivity contribution in [1.82, 2.24) is 5.32 Å². The number of nitrogens with one attached hydrogen (secondary N) is 1. The van der Waals surface area contributed by atoms with Crippen molar-refractivity contribution in [3.63, 3.8) is 0 Å². The highest BCUT2D eigenvalue weighted by Crippen LogP contribution is 2.32. The van der Waals surface area contributed by atoms with Gasteiger partial charge in [-0.2, -0.15) is 5.26 Å². The summed E-state index contributed by atoms with van der Waals surface area (Å²) in [5.41, 5.74) is 1.13. The van der Waals surface area contributed by atoms with E-state index in [1.54, 1.807) is 30.5 Å². The molecule has 1 aliphatic rings. The molecule has 33 heavy (non-hydrogen) atoms. The summed E-state index contributed by atoms with van der Waals surface area (Å²) in [6.45, 7) is 2.34. The van der Waals surface area contributed by atoms with Crippen LogP contribution in [0.2, 0.25) is 5.02 Å². The molecule has 1 fully saturated rings. The largest absolute Gasteiger partial charge is 0.462 e. The number of unbranched alkanes of at least 4 members (excludes halogenated alkanes) is 1. The summed E-state index contributed by atoms with van der Waals surface area (Å²) >= 11 is 7.10. The third-order valence-corrected chi connectivity index (χ3v) is 6.08. The lowest BCUT2D eigenvalue weighted by molar-refractivity contribution is -0.121. The molecule has 170 valence electrons. The topological polar surface area (TPSA) is 112 Å². The van der Waals surface area contributed by atoms with Crippen LogP contribution in [0.1, 0.15) is 36.5 Å². The number of anilines is 1. The highest BCUT2D eigenvalue weighted by Gasteiger charge is 2.41. The Morgan fingerprint density at radius 2 is 2.00 bits per heavy atom. The van der Waals surface area contributed by atoms with Crippen LogP contribution in [0.15, 0.2) is 53.5 Å². The van der Waals surface area contributed by atoms with Gasteiger partial charge >= 0.3 is 5.97 Å². The van der Waals surface area contributed by atoms with Crippen LogP contribution in [-0.4, -0.2) is 34.8 Å². The van der Waals surface area contributed by atoms with Gasteiger partial charge in [0, 0.05) is 6.42 Å². The van der Waals surface area contributed by atoms with Gasteiger partial charge in [-0.05, 0) is 42.8 Å². The third-order valence-electron chi connectivity index (χ3n) is 4.69. The molecule has 1 heterocycles. The minimum Gasteiger partial charge on any atom is -0.462 e. The van der Waals surface area contributed by atoms with Crippen LogP contribution in [0.25, 0.3) is 0 Å². The lowest BCUT2D eigenvalue weighted by Crippen LogP contribution is -2.32. The summed E-state index contributed by atoms with van der Waals surface area (Å²) in [7, 11) is 0. The first kappa shape index (κ1) is 24.3. The summed E-state index contributed by atoms with van der Waals surface area (Å²) < 4.78 is 5.17. The molecule has 1 atom stereocenters. The van der Waals surface area contributed by atoms with Crippen LogP contribution in [0.3, 0.4) is 0 Å². The number of rotatable bonds is 7.